The second-order valence-electron chi connectivity index (χ2n) is 7.45. The van der Waals surface area contributed by atoms with Crippen LogP contribution in [-0.2, 0) is 19.7 Å². The molecular formula is C19H20N2O3. The highest BCUT2D eigenvalue weighted by Gasteiger charge is 2.62. The van der Waals surface area contributed by atoms with Crippen LogP contribution in [0.4, 0.5) is 5.69 Å². The average molecular weight is 324 g/mol. The Morgan fingerprint density at radius 3 is 3.00 bits per heavy atom. The Bertz CT molecular complexity index is 787. The molecule has 5 atom stereocenters. The lowest BCUT2D eigenvalue weighted by atomic mass is 9.72. The first-order valence-electron chi connectivity index (χ1n) is 8.61. The number of carbonyl (C=O) groups is 2. The standard InChI is InChI=1S/C19H20N2O3/c1-10-12(8-22)11-6-17-19(7-16(20-17)13(11)9-24-10)14-4-2-3-5-15(14)21-18(19)23/h2-5,8,11,13,16-17,20H,6-7,9H2,1H3,(H,21,23). The van der Waals surface area contributed by atoms with Crippen molar-refractivity contribution >= 4 is 17.9 Å². The zero-order valence-electron chi connectivity index (χ0n) is 13.5. The van der Waals surface area contributed by atoms with E-state index in [1.54, 1.807) is 0 Å². The van der Waals surface area contributed by atoms with Gasteiger partial charge in [-0.2, -0.15) is 0 Å². The Morgan fingerprint density at radius 2 is 2.17 bits per heavy atom. The van der Waals surface area contributed by atoms with Gasteiger partial charge in [0.1, 0.15) is 6.29 Å². The lowest BCUT2D eigenvalue weighted by Crippen LogP contribution is -2.53. The van der Waals surface area contributed by atoms with E-state index in [-0.39, 0.29) is 29.8 Å². The zero-order chi connectivity index (χ0) is 16.5. The van der Waals surface area contributed by atoms with E-state index in [2.05, 4.69) is 16.7 Å². The number of fused-ring (bicyclic) bond motifs is 7. The minimum atomic E-state index is -0.513. The van der Waals surface area contributed by atoms with Crippen molar-refractivity contribution < 1.29 is 14.3 Å². The molecule has 2 N–H and O–H groups in total. The molecule has 4 heterocycles. The fourth-order valence-corrected chi connectivity index (χ4v) is 5.41. The predicted octanol–water partition coefficient (Wildman–Crippen LogP) is 1.75. The van der Waals surface area contributed by atoms with Crippen molar-refractivity contribution in [3.63, 3.8) is 0 Å². The number of allylic oxidation sites excluding steroid dienone is 2. The van der Waals surface area contributed by atoms with Crippen molar-refractivity contribution in [2.75, 3.05) is 11.9 Å². The largest absolute Gasteiger partial charge is 0.497 e. The highest BCUT2D eigenvalue weighted by Crippen LogP contribution is 2.54. The zero-order valence-corrected chi connectivity index (χ0v) is 13.5. The summed E-state index contributed by atoms with van der Waals surface area (Å²) in [5.74, 6) is 1.28. The number of para-hydroxylation sites is 1. The van der Waals surface area contributed by atoms with Crippen LogP contribution in [-0.4, -0.2) is 30.9 Å². The summed E-state index contributed by atoms with van der Waals surface area (Å²) in [7, 11) is 0. The first kappa shape index (κ1) is 14.2. The molecule has 2 bridgehead atoms. The number of benzene rings is 1. The maximum atomic E-state index is 13.0. The van der Waals surface area contributed by atoms with E-state index in [9.17, 15) is 9.59 Å². The normalized spacial score (nSPS) is 39.3. The number of amides is 1. The predicted molar refractivity (Wildman–Crippen MR) is 88.4 cm³/mol. The summed E-state index contributed by atoms with van der Waals surface area (Å²) >= 11 is 0. The van der Waals surface area contributed by atoms with Crippen molar-refractivity contribution in [1.29, 1.82) is 0 Å². The lowest BCUT2D eigenvalue weighted by Gasteiger charge is -2.41. The molecule has 0 radical (unpaired) electrons. The van der Waals surface area contributed by atoms with Gasteiger partial charge in [0.25, 0.3) is 0 Å². The third kappa shape index (κ3) is 1.58. The Balaban J connectivity index is 1.61. The van der Waals surface area contributed by atoms with E-state index < -0.39 is 5.41 Å². The first-order chi connectivity index (χ1) is 11.6. The van der Waals surface area contributed by atoms with Gasteiger partial charge in [-0.25, -0.2) is 0 Å². The maximum Gasteiger partial charge on any atom is 0.236 e. The molecule has 124 valence electrons. The minimum absolute atomic E-state index is 0.0632. The minimum Gasteiger partial charge on any atom is -0.497 e. The van der Waals surface area contributed by atoms with Crippen molar-refractivity contribution in [3.8, 4) is 0 Å². The van der Waals surface area contributed by atoms with Gasteiger partial charge in [-0.15, -0.1) is 0 Å². The summed E-state index contributed by atoms with van der Waals surface area (Å²) in [5, 5.41) is 6.74. The number of hydrogen-bond donors (Lipinski definition) is 2. The van der Waals surface area contributed by atoms with Crippen LogP contribution in [0.5, 0.6) is 0 Å². The maximum absolute atomic E-state index is 13.0. The number of ether oxygens (including phenoxy) is 1. The van der Waals surface area contributed by atoms with Crippen LogP contribution >= 0.6 is 0 Å². The molecular weight excluding hydrogens is 304 g/mol. The van der Waals surface area contributed by atoms with Gasteiger partial charge >= 0.3 is 0 Å². The number of piperidine rings is 1. The molecule has 0 aliphatic carbocycles. The van der Waals surface area contributed by atoms with Gasteiger partial charge in [-0.3, -0.25) is 9.59 Å². The van der Waals surface area contributed by atoms with Gasteiger partial charge in [-0.05, 0) is 37.3 Å². The van der Waals surface area contributed by atoms with Crippen molar-refractivity contribution in [3.05, 3.63) is 41.2 Å². The Morgan fingerprint density at radius 1 is 1.33 bits per heavy atom. The number of anilines is 1. The summed E-state index contributed by atoms with van der Waals surface area (Å²) in [4.78, 5) is 24.6. The van der Waals surface area contributed by atoms with Crippen molar-refractivity contribution in [1.82, 2.24) is 5.32 Å². The molecule has 5 heteroatoms. The Labute approximate surface area is 140 Å². The highest BCUT2D eigenvalue weighted by atomic mass is 16.5. The fourth-order valence-electron chi connectivity index (χ4n) is 5.41. The summed E-state index contributed by atoms with van der Waals surface area (Å²) in [5.41, 5.74) is 2.30. The number of hydrogen-bond acceptors (Lipinski definition) is 4. The molecule has 4 aliphatic rings. The van der Waals surface area contributed by atoms with E-state index in [4.69, 9.17) is 4.74 Å². The van der Waals surface area contributed by atoms with Crippen LogP contribution in [0.2, 0.25) is 0 Å². The smallest absolute Gasteiger partial charge is 0.236 e. The number of aldehydes is 1. The van der Waals surface area contributed by atoms with Crippen LogP contribution in [0.15, 0.2) is 35.6 Å². The summed E-state index contributed by atoms with van der Waals surface area (Å²) in [6.45, 7) is 2.49. The average Bonchev–Trinajstić information content (AvgIpc) is 3.04. The van der Waals surface area contributed by atoms with Crippen LogP contribution in [0.1, 0.15) is 25.3 Å². The van der Waals surface area contributed by atoms with Crippen LogP contribution in [0, 0.1) is 11.8 Å². The summed E-state index contributed by atoms with van der Waals surface area (Å²) < 4.78 is 5.76. The van der Waals surface area contributed by atoms with Crippen molar-refractivity contribution in [2.24, 2.45) is 11.8 Å². The topological polar surface area (TPSA) is 67.4 Å². The molecule has 1 spiro atoms. The van der Waals surface area contributed by atoms with Crippen LogP contribution < -0.4 is 10.6 Å². The molecule has 0 aromatic heterocycles. The Hall–Kier alpha value is -2.14. The third-order valence-electron chi connectivity index (χ3n) is 6.56. The molecule has 5 unspecified atom stereocenters. The molecule has 0 saturated carbocycles. The molecule has 5 rings (SSSR count). The van der Waals surface area contributed by atoms with Crippen molar-refractivity contribution in [2.45, 2.75) is 37.3 Å². The van der Waals surface area contributed by atoms with E-state index >= 15 is 0 Å². The molecule has 2 fully saturated rings. The summed E-state index contributed by atoms with van der Waals surface area (Å²) in [6, 6.07) is 8.26. The number of carbonyl (C=O) groups excluding carboxylic acids is 2. The summed E-state index contributed by atoms with van der Waals surface area (Å²) in [6.07, 6.45) is 2.53. The van der Waals surface area contributed by atoms with Crippen LogP contribution in [0.3, 0.4) is 0 Å². The molecule has 1 amide bonds. The van der Waals surface area contributed by atoms with Gasteiger partial charge in [-0.1, -0.05) is 18.2 Å². The monoisotopic (exact) mass is 324 g/mol. The molecule has 4 aliphatic heterocycles. The number of nitrogens with one attached hydrogen (secondary N) is 2. The van der Waals surface area contributed by atoms with Gasteiger partial charge in [0.2, 0.25) is 5.91 Å². The Kier molecular flexibility index (Phi) is 2.78. The van der Waals surface area contributed by atoms with E-state index in [1.807, 2.05) is 25.1 Å². The van der Waals surface area contributed by atoms with Gasteiger partial charge in [0, 0.05) is 29.3 Å². The molecule has 1 aromatic carbocycles. The lowest BCUT2D eigenvalue weighted by molar-refractivity contribution is -0.121. The third-order valence-corrected chi connectivity index (χ3v) is 6.56. The second-order valence-corrected chi connectivity index (χ2v) is 7.45. The van der Waals surface area contributed by atoms with E-state index in [0.717, 1.165) is 41.7 Å². The molecule has 2 saturated heterocycles. The molecule has 1 aromatic rings. The van der Waals surface area contributed by atoms with Gasteiger partial charge in [0.05, 0.1) is 17.8 Å². The molecule has 5 nitrogen and oxygen atoms in total. The second kappa shape index (κ2) is 4.70. The highest BCUT2D eigenvalue weighted by molar-refractivity contribution is 6.07. The number of rotatable bonds is 1. The van der Waals surface area contributed by atoms with Crippen LogP contribution in [0.25, 0.3) is 0 Å². The van der Waals surface area contributed by atoms with Gasteiger partial charge in [0.15, 0.2) is 0 Å². The first-order valence-corrected chi connectivity index (χ1v) is 8.61. The SMILES string of the molecule is CC1=C(C=O)C2CC3NC(CC34C(=O)Nc3ccccc34)C2CO1. The van der Waals surface area contributed by atoms with Gasteiger partial charge < -0.3 is 15.4 Å². The molecule has 24 heavy (non-hydrogen) atoms. The fraction of sp³-hybridized carbons (Fsp3) is 0.474. The quantitative estimate of drug-likeness (QED) is 0.772. The van der Waals surface area contributed by atoms with E-state index in [0.29, 0.717) is 6.61 Å². The van der Waals surface area contributed by atoms with E-state index in [1.165, 1.54) is 0 Å².